The molecule has 1 aromatic rings. The standard InChI is InChI=1S/C12H19N3O2.HI/c1-2-13-12(15-6-5-10(16)9-15)14-8-11-4-3-7-17-11;/h3-4,7,10,16H,2,5-6,8-9H2,1H3,(H,13,14);1H/t10-;/m1./s1. The van der Waals surface area contributed by atoms with Gasteiger partial charge in [-0.05, 0) is 25.5 Å². The van der Waals surface area contributed by atoms with E-state index >= 15 is 0 Å². The van der Waals surface area contributed by atoms with E-state index in [1.165, 1.54) is 0 Å². The Morgan fingerprint density at radius 3 is 3.06 bits per heavy atom. The van der Waals surface area contributed by atoms with Crippen molar-refractivity contribution < 1.29 is 9.52 Å². The fourth-order valence-electron chi connectivity index (χ4n) is 1.92. The molecule has 1 atom stereocenters. The molecule has 2 heterocycles. The number of β-amino-alcohol motifs (C(OH)–C–C–N with tert-alkyl or cyclic N) is 1. The zero-order chi connectivity index (χ0) is 12.1. The summed E-state index contributed by atoms with van der Waals surface area (Å²) in [6, 6.07) is 3.77. The largest absolute Gasteiger partial charge is 0.467 e. The Labute approximate surface area is 124 Å². The molecular weight excluding hydrogens is 345 g/mol. The van der Waals surface area contributed by atoms with Crippen LogP contribution in [0.25, 0.3) is 0 Å². The molecule has 5 nitrogen and oxygen atoms in total. The minimum atomic E-state index is -0.234. The van der Waals surface area contributed by atoms with E-state index in [1.54, 1.807) is 6.26 Å². The van der Waals surface area contributed by atoms with Crippen LogP contribution in [0.4, 0.5) is 0 Å². The summed E-state index contributed by atoms with van der Waals surface area (Å²) >= 11 is 0. The number of rotatable bonds is 3. The number of furan rings is 1. The summed E-state index contributed by atoms with van der Waals surface area (Å²) in [4.78, 5) is 6.58. The molecule has 0 saturated carbocycles. The van der Waals surface area contributed by atoms with Gasteiger partial charge in [-0.15, -0.1) is 24.0 Å². The molecular formula is C12H20IN3O2. The van der Waals surface area contributed by atoms with Crippen molar-refractivity contribution in [3.05, 3.63) is 24.2 Å². The first-order valence-electron chi connectivity index (χ1n) is 6.03. The third-order valence-corrected chi connectivity index (χ3v) is 2.76. The van der Waals surface area contributed by atoms with E-state index in [0.29, 0.717) is 13.1 Å². The lowest BCUT2D eigenvalue weighted by Gasteiger charge is -2.20. The molecule has 0 spiro atoms. The van der Waals surface area contributed by atoms with Crippen LogP contribution in [0.1, 0.15) is 19.1 Å². The number of halogens is 1. The molecule has 1 fully saturated rings. The maximum Gasteiger partial charge on any atom is 0.194 e. The maximum atomic E-state index is 9.53. The van der Waals surface area contributed by atoms with Crippen LogP contribution in [0.3, 0.4) is 0 Å². The van der Waals surface area contributed by atoms with Crippen molar-refractivity contribution >= 4 is 29.9 Å². The summed E-state index contributed by atoms with van der Waals surface area (Å²) < 4.78 is 5.24. The fourth-order valence-corrected chi connectivity index (χ4v) is 1.92. The lowest BCUT2D eigenvalue weighted by atomic mass is 10.3. The molecule has 0 radical (unpaired) electrons. The highest BCUT2D eigenvalue weighted by atomic mass is 127. The van der Waals surface area contributed by atoms with Gasteiger partial charge in [0.15, 0.2) is 5.96 Å². The third kappa shape index (κ3) is 4.16. The molecule has 1 aliphatic heterocycles. The molecule has 1 saturated heterocycles. The quantitative estimate of drug-likeness (QED) is 0.483. The first kappa shape index (κ1) is 15.3. The number of aliphatic hydroxyl groups is 1. The number of hydrogen-bond donors (Lipinski definition) is 2. The van der Waals surface area contributed by atoms with E-state index in [9.17, 15) is 5.11 Å². The molecule has 0 aliphatic carbocycles. The normalized spacial score (nSPS) is 19.8. The highest BCUT2D eigenvalue weighted by molar-refractivity contribution is 14.0. The van der Waals surface area contributed by atoms with E-state index in [0.717, 1.165) is 31.2 Å². The summed E-state index contributed by atoms with van der Waals surface area (Å²) in [5.74, 6) is 1.69. The van der Waals surface area contributed by atoms with Gasteiger partial charge in [0.1, 0.15) is 12.3 Å². The summed E-state index contributed by atoms with van der Waals surface area (Å²) in [5.41, 5.74) is 0. The van der Waals surface area contributed by atoms with Crippen molar-refractivity contribution in [1.29, 1.82) is 0 Å². The summed E-state index contributed by atoms with van der Waals surface area (Å²) in [6.07, 6.45) is 2.23. The van der Waals surface area contributed by atoms with Gasteiger partial charge in [0, 0.05) is 19.6 Å². The first-order valence-corrected chi connectivity index (χ1v) is 6.03. The van der Waals surface area contributed by atoms with Gasteiger partial charge in [-0.1, -0.05) is 0 Å². The van der Waals surface area contributed by atoms with E-state index < -0.39 is 0 Å². The average molecular weight is 365 g/mol. The molecule has 2 N–H and O–H groups in total. The second-order valence-electron chi connectivity index (χ2n) is 4.14. The number of likely N-dealkylation sites (tertiary alicyclic amines) is 1. The van der Waals surface area contributed by atoms with Gasteiger partial charge in [-0.2, -0.15) is 0 Å². The third-order valence-electron chi connectivity index (χ3n) is 2.76. The van der Waals surface area contributed by atoms with Crippen LogP contribution in [0.15, 0.2) is 27.8 Å². The van der Waals surface area contributed by atoms with Gasteiger partial charge in [0.25, 0.3) is 0 Å². The SMILES string of the molecule is CCNC(=NCc1ccco1)N1CC[C@@H](O)C1.I. The van der Waals surface area contributed by atoms with Gasteiger partial charge in [0.05, 0.1) is 12.4 Å². The second-order valence-corrected chi connectivity index (χ2v) is 4.14. The van der Waals surface area contributed by atoms with Gasteiger partial charge in [-0.3, -0.25) is 0 Å². The molecule has 102 valence electrons. The number of nitrogens with one attached hydrogen (secondary N) is 1. The molecule has 0 aromatic carbocycles. The number of aliphatic imine (C=N–C) groups is 1. The van der Waals surface area contributed by atoms with Crippen LogP contribution < -0.4 is 5.32 Å². The van der Waals surface area contributed by atoms with E-state index in [4.69, 9.17) is 4.42 Å². The molecule has 18 heavy (non-hydrogen) atoms. The minimum absolute atomic E-state index is 0. The highest BCUT2D eigenvalue weighted by Gasteiger charge is 2.22. The Morgan fingerprint density at radius 2 is 2.50 bits per heavy atom. The number of nitrogens with zero attached hydrogens (tertiary/aromatic N) is 2. The number of hydrogen-bond acceptors (Lipinski definition) is 3. The van der Waals surface area contributed by atoms with Crippen molar-refractivity contribution in [3.63, 3.8) is 0 Å². The van der Waals surface area contributed by atoms with E-state index in [1.807, 2.05) is 19.1 Å². The zero-order valence-corrected chi connectivity index (χ0v) is 12.8. The monoisotopic (exact) mass is 365 g/mol. The van der Waals surface area contributed by atoms with Crippen LogP contribution in [-0.2, 0) is 6.54 Å². The molecule has 6 heteroatoms. The molecule has 0 bridgehead atoms. The number of guanidine groups is 1. The van der Waals surface area contributed by atoms with Crippen LogP contribution in [0, 0.1) is 0 Å². The summed E-state index contributed by atoms with van der Waals surface area (Å²) in [7, 11) is 0. The Hall–Kier alpha value is -0.760. The maximum absolute atomic E-state index is 9.53. The lowest BCUT2D eigenvalue weighted by molar-refractivity contribution is 0.188. The van der Waals surface area contributed by atoms with Crippen LogP contribution in [-0.4, -0.2) is 41.7 Å². The Bertz CT molecular complexity index is 367. The Balaban J connectivity index is 0.00000162. The Kier molecular flexibility index (Phi) is 6.48. The first-order chi connectivity index (χ1) is 8.29. The van der Waals surface area contributed by atoms with Gasteiger partial charge >= 0.3 is 0 Å². The van der Waals surface area contributed by atoms with Gasteiger partial charge in [0.2, 0.25) is 0 Å². The van der Waals surface area contributed by atoms with Crippen molar-refractivity contribution in [3.8, 4) is 0 Å². The summed E-state index contributed by atoms with van der Waals surface area (Å²) in [6.45, 7) is 4.90. The van der Waals surface area contributed by atoms with Crippen LogP contribution >= 0.6 is 24.0 Å². The number of aliphatic hydroxyl groups excluding tert-OH is 1. The molecule has 1 aliphatic rings. The van der Waals surface area contributed by atoms with E-state index in [-0.39, 0.29) is 30.1 Å². The zero-order valence-electron chi connectivity index (χ0n) is 10.5. The predicted octanol–water partition coefficient (Wildman–Crippen LogP) is 1.43. The highest BCUT2D eigenvalue weighted by Crippen LogP contribution is 2.10. The van der Waals surface area contributed by atoms with Gasteiger partial charge < -0.3 is 19.7 Å². The molecule has 1 aromatic heterocycles. The van der Waals surface area contributed by atoms with Crippen molar-refractivity contribution in [2.45, 2.75) is 26.0 Å². The topological polar surface area (TPSA) is 61.0 Å². The average Bonchev–Trinajstić information content (AvgIpc) is 2.95. The molecule has 0 unspecified atom stereocenters. The second kappa shape index (κ2) is 7.63. The van der Waals surface area contributed by atoms with Gasteiger partial charge in [-0.25, -0.2) is 4.99 Å². The fraction of sp³-hybridized carbons (Fsp3) is 0.583. The van der Waals surface area contributed by atoms with Crippen LogP contribution in [0.5, 0.6) is 0 Å². The van der Waals surface area contributed by atoms with Crippen molar-refractivity contribution in [2.75, 3.05) is 19.6 Å². The molecule has 0 amide bonds. The van der Waals surface area contributed by atoms with Crippen LogP contribution in [0.2, 0.25) is 0 Å². The van der Waals surface area contributed by atoms with Crippen molar-refractivity contribution in [1.82, 2.24) is 10.2 Å². The predicted molar refractivity (Wildman–Crippen MR) is 81.1 cm³/mol. The Morgan fingerprint density at radius 1 is 1.67 bits per heavy atom. The van der Waals surface area contributed by atoms with E-state index in [2.05, 4.69) is 15.2 Å². The van der Waals surface area contributed by atoms with Crippen molar-refractivity contribution in [2.24, 2.45) is 4.99 Å². The molecule has 2 rings (SSSR count). The smallest absolute Gasteiger partial charge is 0.194 e. The summed E-state index contributed by atoms with van der Waals surface area (Å²) in [5, 5.41) is 12.8. The minimum Gasteiger partial charge on any atom is -0.467 e. The lowest BCUT2D eigenvalue weighted by Crippen LogP contribution is -2.40.